The van der Waals surface area contributed by atoms with Gasteiger partial charge in [-0.1, -0.05) is 13.0 Å². The predicted molar refractivity (Wildman–Crippen MR) is 92.1 cm³/mol. The molecule has 1 fully saturated rings. The summed E-state index contributed by atoms with van der Waals surface area (Å²) in [7, 11) is -3.13. The van der Waals surface area contributed by atoms with E-state index in [4.69, 9.17) is 0 Å². The van der Waals surface area contributed by atoms with E-state index in [0.29, 0.717) is 37.9 Å². The van der Waals surface area contributed by atoms with Crippen molar-refractivity contribution < 1.29 is 13.2 Å². The van der Waals surface area contributed by atoms with Crippen molar-refractivity contribution in [3.05, 3.63) is 34.9 Å². The number of nitrogens with one attached hydrogen (secondary N) is 1. The van der Waals surface area contributed by atoms with Crippen LogP contribution in [-0.2, 0) is 10.0 Å². The molecule has 1 aliphatic rings. The van der Waals surface area contributed by atoms with Crippen LogP contribution < -0.4 is 5.32 Å². The molecule has 1 heterocycles. The van der Waals surface area contributed by atoms with E-state index < -0.39 is 10.0 Å². The topological polar surface area (TPSA) is 66.5 Å². The summed E-state index contributed by atoms with van der Waals surface area (Å²) in [5, 5.41) is 3.03. The summed E-state index contributed by atoms with van der Waals surface area (Å²) in [6, 6.07) is 5.71. The number of aryl methyl sites for hydroxylation is 2. The molecule has 0 aromatic heterocycles. The first-order valence-electron chi connectivity index (χ1n) is 8.19. The van der Waals surface area contributed by atoms with Crippen LogP contribution in [0.3, 0.4) is 0 Å². The molecule has 1 amide bonds. The molecule has 0 radical (unpaired) electrons. The summed E-state index contributed by atoms with van der Waals surface area (Å²) in [5.41, 5.74) is 2.92. The number of benzene rings is 1. The number of carbonyl (C=O) groups is 1. The maximum atomic E-state index is 12.3. The van der Waals surface area contributed by atoms with Crippen molar-refractivity contribution in [3.8, 4) is 0 Å². The highest BCUT2D eigenvalue weighted by atomic mass is 32.2. The van der Waals surface area contributed by atoms with Crippen LogP contribution in [0.2, 0.25) is 0 Å². The average molecular weight is 338 g/mol. The summed E-state index contributed by atoms with van der Waals surface area (Å²) in [6.45, 7) is 6.85. The SMILES string of the molecule is CCCS(=O)(=O)N1CCC(NC(=O)c2ccc(C)c(C)c2)CC1. The molecular formula is C17H26N2O3S. The first-order chi connectivity index (χ1) is 10.8. The van der Waals surface area contributed by atoms with Crippen LogP contribution in [-0.4, -0.2) is 43.5 Å². The third-order valence-electron chi connectivity index (χ3n) is 4.41. The van der Waals surface area contributed by atoms with Gasteiger partial charge in [-0.25, -0.2) is 12.7 Å². The van der Waals surface area contributed by atoms with Gasteiger partial charge in [0.2, 0.25) is 10.0 Å². The fourth-order valence-electron chi connectivity index (χ4n) is 2.82. The van der Waals surface area contributed by atoms with E-state index in [9.17, 15) is 13.2 Å². The minimum Gasteiger partial charge on any atom is -0.349 e. The molecule has 0 bridgehead atoms. The summed E-state index contributed by atoms with van der Waals surface area (Å²) < 4.78 is 25.6. The zero-order valence-corrected chi connectivity index (χ0v) is 14.9. The largest absolute Gasteiger partial charge is 0.349 e. The highest BCUT2D eigenvalue weighted by Gasteiger charge is 2.28. The van der Waals surface area contributed by atoms with Crippen molar-refractivity contribution >= 4 is 15.9 Å². The number of piperidine rings is 1. The normalized spacial score (nSPS) is 17.2. The van der Waals surface area contributed by atoms with Crippen LogP contribution in [0.5, 0.6) is 0 Å². The fraction of sp³-hybridized carbons (Fsp3) is 0.588. The zero-order chi connectivity index (χ0) is 17.0. The quantitative estimate of drug-likeness (QED) is 0.895. The standard InChI is InChI=1S/C17H26N2O3S/c1-4-11-23(21,22)19-9-7-16(8-10-19)18-17(20)15-6-5-13(2)14(3)12-15/h5-6,12,16H,4,7-11H2,1-3H3,(H,18,20). The lowest BCUT2D eigenvalue weighted by atomic mass is 10.0. The molecule has 23 heavy (non-hydrogen) atoms. The van der Waals surface area contributed by atoms with Gasteiger partial charge in [0, 0.05) is 24.7 Å². The molecule has 128 valence electrons. The van der Waals surface area contributed by atoms with Crippen molar-refractivity contribution in [2.75, 3.05) is 18.8 Å². The van der Waals surface area contributed by atoms with Gasteiger partial charge < -0.3 is 5.32 Å². The van der Waals surface area contributed by atoms with Gasteiger partial charge in [-0.15, -0.1) is 0 Å². The molecule has 0 aliphatic carbocycles. The Labute approximate surface area is 139 Å². The van der Waals surface area contributed by atoms with Crippen LogP contribution >= 0.6 is 0 Å². The van der Waals surface area contributed by atoms with Gasteiger partial charge in [-0.2, -0.15) is 0 Å². The highest BCUT2D eigenvalue weighted by molar-refractivity contribution is 7.89. The maximum Gasteiger partial charge on any atom is 0.251 e. The van der Waals surface area contributed by atoms with E-state index in [1.165, 1.54) is 0 Å². The van der Waals surface area contributed by atoms with Crippen molar-refractivity contribution in [3.63, 3.8) is 0 Å². The van der Waals surface area contributed by atoms with Gasteiger partial charge in [0.25, 0.3) is 5.91 Å². The molecule has 1 aromatic rings. The van der Waals surface area contributed by atoms with E-state index in [-0.39, 0.29) is 17.7 Å². The van der Waals surface area contributed by atoms with E-state index in [2.05, 4.69) is 5.32 Å². The van der Waals surface area contributed by atoms with Crippen LogP contribution in [0.15, 0.2) is 18.2 Å². The second-order valence-electron chi connectivity index (χ2n) is 6.26. The number of sulfonamides is 1. The zero-order valence-electron chi connectivity index (χ0n) is 14.1. The lowest BCUT2D eigenvalue weighted by Gasteiger charge is -2.31. The second kappa shape index (κ2) is 7.45. The Morgan fingerprint density at radius 2 is 1.87 bits per heavy atom. The Kier molecular flexibility index (Phi) is 5.81. The van der Waals surface area contributed by atoms with Crippen LogP contribution in [0.4, 0.5) is 0 Å². The molecule has 0 atom stereocenters. The first-order valence-corrected chi connectivity index (χ1v) is 9.80. The summed E-state index contributed by atoms with van der Waals surface area (Å²) >= 11 is 0. The van der Waals surface area contributed by atoms with E-state index >= 15 is 0 Å². The average Bonchev–Trinajstić information content (AvgIpc) is 2.50. The minimum absolute atomic E-state index is 0.0391. The van der Waals surface area contributed by atoms with E-state index in [0.717, 1.165) is 11.1 Å². The van der Waals surface area contributed by atoms with Crippen LogP contribution in [0.1, 0.15) is 47.7 Å². The number of amides is 1. The minimum atomic E-state index is -3.13. The number of hydrogen-bond donors (Lipinski definition) is 1. The predicted octanol–water partition coefficient (Wildman–Crippen LogP) is 2.24. The molecule has 1 aromatic carbocycles. The summed E-state index contributed by atoms with van der Waals surface area (Å²) in [5.74, 6) is 0.120. The van der Waals surface area contributed by atoms with Crippen molar-refractivity contribution in [2.45, 2.75) is 46.1 Å². The van der Waals surface area contributed by atoms with Gasteiger partial charge in [-0.3, -0.25) is 4.79 Å². The van der Waals surface area contributed by atoms with Gasteiger partial charge >= 0.3 is 0 Å². The molecule has 2 rings (SSSR count). The number of rotatable bonds is 5. The molecule has 1 aliphatic heterocycles. The van der Waals surface area contributed by atoms with Crippen molar-refractivity contribution in [2.24, 2.45) is 0 Å². The molecule has 0 spiro atoms. The van der Waals surface area contributed by atoms with E-state index in [1.807, 2.05) is 39.0 Å². The summed E-state index contributed by atoms with van der Waals surface area (Å²) in [4.78, 5) is 12.3. The van der Waals surface area contributed by atoms with E-state index in [1.54, 1.807) is 4.31 Å². The smallest absolute Gasteiger partial charge is 0.251 e. The molecule has 0 saturated carbocycles. The van der Waals surface area contributed by atoms with Crippen LogP contribution in [0, 0.1) is 13.8 Å². The molecular weight excluding hydrogens is 312 g/mol. The third kappa shape index (κ3) is 4.54. The Morgan fingerprint density at radius 3 is 2.43 bits per heavy atom. The Balaban J connectivity index is 1.91. The molecule has 6 heteroatoms. The second-order valence-corrected chi connectivity index (χ2v) is 8.35. The maximum absolute atomic E-state index is 12.3. The lowest BCUT2D eigenvalue weighted by molar-refractivity contribution is 0.0923. The molecule has 5 nitrogen and oxygen atoms in total. The number of nitrogens with zero attached hydrogens (tertiary/aromatic N) is 1. The Morgan fingerprint density at radius 1 is 1.22 bits per heavy atom. The lowest BCUT2D eigenvalue weighted by Crippen LogP contribution is -2.47. The molecule has 1 N–H and O–H groups in total. The number of hydrogen-bond acceptors (Lipinski definition) is 3. The highest BCUT2D eigenvalue weighted by Crippen LogP contribution is 2.16. The van der Waals surface area contributed by atoms with Gasteiger partial charge in [-0.05, 0) is 56.4 Å². The van der Waals surface area contributed by atoms with Crippen molar-refractivity contribution in [1.29, 1.82) is 0 Å². The summed E-state index contributed by atoms with van der Waals surface area (Å²) in [6.07, 6.45) is 1.96. The Bertz CT molecular complexity index is 662. The third-order valence-corrected chi connectivity index (χ3v) is 6.49. The first kappa shape index (κ1) is 17.9. The molecule has 1 saturated heterocycles. The monoisotopic (exact) mass is 338 g/mol. The molecule has 0 unspecified atom stereocenters. The van der Waals surface area contributed by atoms with Crippen molar-refractivity contribution in [1.82, 2.24) is 9.62 Å². The van der Waals surface area contributed by atoms with Gasteiger partial charge in [0.15, 0.2) is 0 Å². The van der Waals surface area contributed by atoms with Gasteiger partial charge in [0.1, 0.15) is 0 Å². The van der Waals surface area contributed by atoms with Crippen LogP contribution in [0.25, 0.3) is 0 Å². The fourth-order valence-corrected chi connectivity index (χ4v) is 4.36. The number of carbonyl (C=O) groups excluding carboxylic acids is 1. The Hall–Kier alpha value is -1.40. The van der Waals surface area contributed by atoms with Gasteiger partial charge in [0.05, 0.1) is 5.75 Å².